The molecule has 0 bridgehead atoms. The summed E-state index contributed by atoms with van der Waals surface area (Å²) >= 11 is 0. The quantitative estimate of drug-likeness (QED) is 0.712. The molecular weight excluding hydrogens is 206 g/mol. The molecule has 1 heterocycles. The summed E-state index contributed by atoms with van der Waals surface area (Å²) < 4.78 is 0. The fourth-order valence-electron chi connectivity index (χ4n) is 2.48. The highest BCUT2D eigenvalue weighted by Gasteiger charge is 2.29. The van der Waals surface area contributed by atoms with Crippen molar-refractivity contribution in [1.29, 1.82) is 0 Å². The fraction of sp³-hybridized carbons (Fsp3) is 0.636. The third-order valence-electron chi connectivity index (χ3n) is 3.34. The molecule has 0 radical (unpaired) electrons. The van der Waals surface area contributed by atoms with Crippen LogP contribution in [0.2, 0.25) is 0 Å². The number of nitrogens with one attached hydrogen (secondary N) is 1. The Labute approximate surface area is 94.1 Å². The van der Waals surface area contributed by atoms with Crippen molar-refractivity contribution < 1.29 is 9.90 Å². The van der Waals surface area contributed by atoms with Crippen molar-refractivity contribution in [2.75, 3.05) is 0 Å². The van der Waals surface area contributed by atoms with Gasteiger partial charge in [0.25, 0.3) is 0 Å². The van der Waals surface area contributed by atoms with Gasteiger partial charge in [0.2, 0.25) is 0 Å². The zero-order valence-electron chi connectivity index (χ0n) is 9.10. The topological polar surface area (TPSA) is 92.0 Å². The monoisotopic (exact) mass is 223 g/mol. The highest BCUT2D eigenvalue weighted by Crippen LogP contribution is 2.33. The standard InChI is InChI=1S/C11H17N3O2/c12-8-2-1-7(3-8)4-9(11(15)16)10-5-13-6-14-10/h5-9H,1-4,12H2,(H,13,14)(H,15,16)/t7-,8+,9?/m0/s1. The van der Waals surface area contributed by atoms with Gasteiger partial charge in [-0.25, -0.2) is 4.98 Å². The summed E-state index contributed by atoms with van der Waals surface area (Å²) in [5.41, 5.74) is 6.52. The van der Waals surface area contributed by atoms with Gasteiger partial charge in [-0.2, -0.15) is 0 Å². The number of carboxylic acid groups (broad SMARTS) is 1. The molecule has 3 atom stereocenters. The van der Waals surface area contributed by atoms with Crippen LogP contribution in [0.1, 0.15) is 37.3 Å². The van der Waals surface area contributed by atoms with Crippen LogP contribution in [0.4, 0.5) is 0 Å². The second-order valence-electron chi connectivity index (χ2n) is 4.57. The Morgan fingerprint density at radius 3 is 3.00 bits per heavy atom. The van der Waals surface area contributed by atoms with Crippen molar-refractivity contribution in [2.45, 2.75) is 37.6 Å². The van der Waals surface area contributed by atoms with Crippen molar-refractivity contribution in [1.82, 2.24) is 9.97 Å². The number of rotatable bonds is 4. The van der Waals surface area contributed by atoms with Gasteiger partial charge in [-0.15, -0.1) is 0 Å². The Kier molecular flexibility index (Phi) is 3.24. The largest absolute Gasteiger partial charge is 0.481 e. The highest BCUT2D eigenvalue weighted by molar-refractivity contribution is 5.75. The molecule has 4 N–H and O–H groups in total. The molecular formula is C11H17N3O2. The van der Waals surface area contributed by atoms with E-state index in [1.54, 1.807) is 6.20 Å². The van der Waals surface area contributed by atoms with Gasteiger partial charge in [-0.1, -0.05) is 0 Å². The molecule has 1 aromatic rings. The summed E-state index contributed by atoms with van der Waals surface area (Å²) in [7, 11) is 0. The van der Waals surface area contributed by atoms with E-state index in [1.165, 1.54) is 6.33 Å². The molecule has 0 amide bonds. The average Bonchev–Trinajstić information content (AvgIpc) is 2.84. The van der Waals surface area contributed by atoms with Gasteiger partial charge in [-0.05, 0) is 31.6 Å². The number of nitrogens with two attached hydrogens (primary N) is 1. The van der Waals surface area contributed by atoms with E-state index in [4.69, 9.17) is 5.73 Å². The third-order valence-corrected chi connectivity index (χ3v) is 3.34. The van der Waals surface area contributed by atoms with E-state index < -0.39 is 11.9 Å². The number of H-pyrrole nitrogens is 1. The van der Waals surface area contributed by atoms with E-state index in [1.807, 2.05) is 0 Å². The SMILES string of the molecule is N[C@@H]1CC[C@H](CC(C(=O)O)c2cnc[nH]2)C1. The molecule has 1 saturated carbocycles. The molecule has 1 unspecified atom stereocenters. The van der Waals surface area contributed by atoms with E-state index in [2.05, 4.69) is 9.97 Å². The van der Waals surface area contributed by atoms with E-state index in [0.29, 0.717) is 18.0 Å². The van der Waals surface area contributed by atoms with Crippen LogP contribution in [0.5, 0.6) is 0 Å². The predicted molar refractivity (Wildman–Crippen MR) is 58.9 cm³/mol. The summed E-state index contributed by atoms with van der Waals surface area (Å²) in [5.74, 6) is -0.832. The highest BCUT2D eigenvalue weighted by atomic mass is 16.4. The van der Waals surface area contributed by atoms with Crippen LogP contribution < -0.4 is 5.73 Å². The molecule has 1 fully saturated rings. The molecule has 0 spiro atoms. The molecule has 5 nitrogen and oxygen atoms in total. The number of aromatic amines is 1. The Hall–Kier alpha value is -1.36. The smallest absolute Gasteiger partial charge is 0.312 e. The minimum Gasteiger partial charge on any atom is -0.481 e. The lowest BCUT2D eigenvalue weighted by atomic mass is 9.91. The van der Waals surface area contributed by atoms with Crippen LogP contribution in [0.15, 0.2) is 12.5 Å². The fourth-order valence-corrected chi connectivity index (χ4v) is 2.48. The lowest BCUT2D eigenvalue weighted by molar-refractivity contribution is -0.139. The van der Waals surface area contributed by atoms with Crippen LogP contribution in [0.3, 0.4) is 0 Å². The number of hydrogen-bond acceptors (Lipinski definition) is 3. The minimum atomic E-state index is -0.787. The maximum absolute atomic E-state index is 11.2. The van der Waals surface area contributed by atoms with Crippen molar-refractivity contribution in [3.05, 3.63) is 18.2 Å². The second-order valence-corrected chi connectivity index (χ2v) is 4.57. The van der Waals surface area contributed by atoms with Gasteiger partial charge in [0, 0.05) is 17.9 Å². The molecule has 1 aliphatic carbocycles. The van der Waals surface area contributed by atoms with Crippen molar-refractivity contribution >= 4 is 5.97 Å². The Bertz CT molecular complexity index is 350. The molecule has 0 aliphatic heterocycles. The van der Waals surface area contributed by atoms with Gasteiger partial charge in [0.05, 0.1) is 12.2 Å². The summed E-state index contributed by atoms with van der Waals surface area (Å²) in [4.78, 5) is 17.9. The maximum Gasteiger partial charge on any atom is 0.312 e. The molecule has 2 rings (SSSR count). The lowest BCUT2D eigenvalue weighted by Gasteiger charge is -2.15. The van der Waals surface area contributed by atoms with E-state index in [9.17, 15) is 9.90 Å². The summed E-state index contributed by atoms with van der Waals surface area (Å²) in [6.45, 7) is 0. The zero-order chi connectivity index (χ0) is 11.5. The molecule has 16 heavy (non-hydrogen) atoms. The van der Waals surface area contributed by atoms with Gasteiger partial charge < -0.3 is 15.8 Å². The lowest BCUT2D eigenvalue weighted by Crippen LogP contribution is -2.18. The summed E-state index contributed by atoms with van der Waals surface area (Å²) in [5, 5.41) is 9.19. The molecule has 0 saturated heterocycles. The van der Waals surface area contributed by atoms with Crippen molar-refractivity contribution in [2.24, 2.45) is 11.7 Å². The summed E-state index contributed by atoms with van der Waals surface area (Å²) in [6, 6.07) is 0.251. The Morgan fingerprint density at radius 1 is 1.69 bits per heavy atom. The van der Waals surface area contributed by atoms with Crippen LogP contribution in [0, 0.1) is 5.92 Å². The number of aliphatic carboxylic acids is 1. The summed E-state index contributed by atoms with van der Waals surface area (Å²) in [6.07, 6.45) is 6.77. The Balaban J connectivity index is 2.01. The molecule has 5 heteroatoms. The normalized spacial score (nSPS) is 26.8. The van der Waals surface area contributed by atoms with E-state index >= 15 is 0 Å². The first-order chi connectivity index (χ1) is 7.66. The van der Waals surface area contributed by atoms with E-state index in [-0.39, 0.29) is 6.04 Å². The number of carbonyl (C=O) groups is 1. The zero-order valence-corrected chi connectivity index (χ0v) is 9.10. The molecule has 1 aliphatic rings. The minimum absolute atomic E-state index is 0.251. The van der Waals surface area contributed by atoms with Crippen LogP contribution in [0.25, 0.3) is 0 Å². The molecule has 0 aromatic carbocycles. The van der Waals surface area contributed by atoms with Crippen LogP contribution in [-0.2, 0) is 4.79 Å². The van der Waals surface area contributed by atoms with Gasteiger partial charge in [-0.3, -0.25) is 4.79 Å². The first-order valence-corrected chi connectivity index (χ1v) is 5.63. The number of hydrogen-bond donors (Lipinski definition) is 3. The predicted octanol–water partition coefficient (Wildman–Crippen LogP) is 1.10. The third kappa shape index (κ3) is 2.41. The number of carboxylic acids is 1. The molecule has 88 valence electrons. The Morgan fingerprint density at radius 2 is 2.50 bits per heavy atom. The average molecular weight is 223 g/mol. The van der Waals surface area contributed by atoms with Gasteiger partial charge >= 0.3 is 5.97 Å². The second kappa shape index (κ2) is 4.65. The van der Waals surface area contributed by atoms with E-state index in [0.717, 1.165) is 19.3 Å². The maximum atomic E-state index is 11.2. The first-order valence-electron chi connectivity index (χ1n) is 5.63. The molecule has 1 aromatic heterocycles. The number of aromatic nitrogens is 2. The number of imidazole rings is 1. The van der Waals surface area contributed by atoms with Crippen LogP contribution in [-0.4, -0.2) is 27.1 Å². The van der Waals surface area contributed by atoms with Crippen LogP contribution >= 0.6 is 0 Å². The van der Waals surface area contributed by atoms with Crippen molar-refractivity contribution in [3.63, 3.8) is 0 Å². The van der Waals surface area contributed by atoms with Crippen molar-refractivity contribution in [3.8, 4) is 0 Å². The van der Waals surface area contributed by atoms with Gasteiger partial charge in [0.1, 0.15) is 0 Å². The first kappa shape index (κ1) is 11.1. The van der Waals surface area contributed by atoms with Gasteiger partial charge in [0.15, 0.2) is 0 Å². The number of nitrogens with zero attached hydrogens (tertiary/aromatic N) is 1.